The zero-order valence-corrected chi connectivity index (χ0v) is 14.2. The maximum absolute atomic E-state index is 12.4. The molecule has 0 radical (unpaired) electrons. The Hall–Kier alpha value is -1.41. The number of hydrogen-bond donors (Lipinski definition) is 1. The van der Waals surface area contributed by atoms with Crippen molar-refractivity contribution in [1.29, 1.82) is 0 Å². The number of ether oxygens (including phenoxy) is 2. The number of rotatable bonds is 6. The summed E-state index contributed by atoms with van der Waals surface area (Å²) in [6.07, 6.45) is 1.50. The first-order valence-electron chi connectivity index (χ1n) is 7.17. The van der Waals surface area contributed by atoms with Crippen molar-refractivity contribution < 1.29 is 28.2 Å². The number of likely N-dealkylation sites (tertiary alicyclic amines) is 1. The van der Waals surface area contributed by atoms with Gasteiger partial charge in [0, 0.05) is 13.1 Å². The van der Waals surface area contributed by atoms with Crippen LogP contribution in [0.4, 0.5) is 8.78 Å². The maximum atomic E-state index is 12.4. The molecule has 23 heavy (non-hydrogen) atoms. The number of nitrogens with zero attached hydrogens (tertiary/aromatic N) is 1. The topological polar surface area (TPSA) is 59.0 Å². The van der Waals surface area contributed by atoms with E-state index in [0.29, 0.717) is 24.0 Å². The number of methoxy groups -OCH3 is 1. The van der Waals surface area contributed by atoms with Gasteiger partial charge in [-0.3, -0.25) is 9.69 Å². The van der Waals surface area contributed by atoms with Gasteiger partial charge in [0.05, 0.1) is 17.5 Å². The number of carboxylic acid groups (broad SMARTS) is 1. The van der Waals surface area contributed by atoms with Crippen LogP contribution in [-0.4, -0.2) is 42.8 Å². The molecule has 1 aliphatic heterocycles. The lowest BCUT2D eigenvalue weighted by molar-refractivity contribution is -0.143. The lowest BCUT2D eigenvalue weighted by Crippen LogP contribution is -2.38. The molecule has 1 N–H and O–H groups in total. The Morgan fingerprint density at radius 1 is 1.52 bits per heavy atom. The molecule has 2 rings (SSSR count). The van der Waals surface area contributed by atoms with Gasteiger partial charge in [0.1, 0.15) is 0 Å². The van der Waals surface area contributed by atoms with Gasteiger partial charge < -0.3 is 14.6 Å². The van der Waals surface area contributed by atoms with Gasteiger partial charge in [0.15, 0.2) is 11.5 Å². The lowest BCUT2D eigenvalue weighted by Gasteiger charge is -2.30. The van der Waals surface area contributed by atoms with Crippen LogP contribution < -0.4 is 9.47 Å². The molecule has 0 saturated carbocycles. The lowest BCUT2D eigenvalue weighted by atomic mass is 9.98. The Bertz CT molecular complexity index is 571. The summed E-state index contributed by atoms with van der Waals surface area (Å²) in [6, 6.07) is 3.32. The van der Waals surface area contributed by atoms with Crippen LogP contribution in [-0.2, 0) is 11.3 Å². The second kappa shape index (κ2) is 7.92. The van der Waals surface area contributed by atoms with E-state index in [0.717, 1.165) is 18.5 Å². The number of carboxylic acids is 1. The summed E-state index contributed by atoms with van der Waals surface area (Å²) >= 11 is 3.22. The predicted octanol–water partition coefficient (Wildman–Crippen LogP) is 3.36. The summed E-state index contributed by atoms with van der Waals surface area (Å²) in [5.41, 5.74) is 0.835. The van der Waals surface area contributed by atoms with Crippen LogP contribution in [0.1, 0.15) is 18.4 Å². The summed E-state index contributed by atoms with van der Waals surface area (Å²) in [4.78, 5) is 13.2. The summed E-state index contributed by atoms with van der Waals surface area (Å²) in [7, 11) is 1.38. The van der Waals surface area contributed by atoms with Crippen molar-refractivity contribution in [2.75, 3.05) is 20.2 Å². The average Bonchev–Trinajstić information content (AvgIpc) is 2.49. The summed E-state index contributed by atoms with van der Waals surface area (Å²) in [5, 5.41) is 9.13. The smallest absolute Gasteiger partial charge is 0.387 e. The molecule has 128 valence electrons. The molecule has 0 bridgehead atoms. The van der Waals surface area contributed by atoms with E-state index in [1.54, 1.807) is 12.1 Å². The fourth-order valence-corrected chi connectivity index (χ4v) is 3.31. The quantitative estimate of drug-likeness (QED) is 0.802. The fourth-order valence-electron chi connectivity index (χ4n) is 2.73. The highest BCUT2D eigenvalue weighted by molar-refractivity contribution is 9.10. The number of aliphatic carboxylic acids is 1. The molecule has 1 aromatic carbocycles. The van der Waals surface area contributed by atoms with E-state index in [1.165, 1.54) is 7.11 Å². The largest absolute Gasteiger partial charge is 0.493 e. The second-order valence-electron chi connectivity index (χ2n) is 5.40. The summed E-state index contributed by atoms with van der Waals surface area (Å²) in [5.74, 6) is -0.987. The minimum Gasteiger partial charge on any atom is -0.493 e. The van der Waals surface area contributed by atoms with Gasteiger partial charge in [0.2, 0.25) is 0 Å². The molecule has 1 fully saturated rings. The van der Waals surface area contributed by atoms with E-state index < -0.39 is 12.6 Å². The average molecular weight is 394 g/mol. The van der Waals surface area contributed by atoms with Crippen molar-refractivity contribution in [3.63, 3.8) is 0 Å². The van der Waals surface area contributed by atoms with Crippen molar-refractivity contribution in [2.45, 2.75) is 26.0 Å². The monoisotopic (exact) mass is 393 g/mol. The van der Waals surface area contributed by atoms with Gasteiger partial charge in [-0.25, -0.2) is 0 Å². The van der Waals surface area contributed by atoms with Gasteiger partial charge in [0.25, 0.3) is 0 Å². The first-order chi connectivity index (χ1) is 10.9. The Morgan fingerprint density at radius 3 is 2.87 bits per heavy atom. The third-order valence-electron chi connectivity index (χ3n) is 3.76. The van der Waals surface area contributed by atoms with Crippen LogP contribution in [0, 0.1) is 5.92 Å². The molecule has 1 aromatic rings. The number of halogens is 3. The molecule has 0 aromatic heterocycles. The molecule has 1 heterocycles. The van der Waals surface area contributed by atoms with Crippen molar-refractivity contribution in [3.05, 3.63) is 22.2 Å². The molecule has 1 saturated heterocycles. The molecule has 0 aliphatic carbocycles. The number of piperidine rings is 1. The fraction of sp³-hybridized carbons (Fsp3) is 0.533. The van der Waals surface area contributed by atoms with E-state index in [4.69, 9.17) is 9.84 Å². The standard InChI is InChI=1S/C15H18BrF2NO4/c1-22-12-6-9(5-11(16)13(12)23-15(17)18)7-19-4-2-3-10(8-19)14(20)21/h5-6,10,15H,2-4,7-8H2,1H3,(H,20,21). The van der Waals surface area contributed by atoms with Gasteiger partial charge in [-0.2, -0.15) is 8.78 Å². The highest BCUT2D eigenvalue weighted by Gasteiger charge is 2.25. The van der Waals surface area contributed by atoms with Crippen molar-refractivity contribution in [3.8, 4) is 11.5 Å². The normalized spacial score (nSPS) is 18.9. The molecule has 8 heteroatoms. The van der Waals surface area contributed by atoms with Crippen LogP contribution in [0.2, 0.25) is 0 Å². The second-order valence-corrected chi connectivity index (χ2v) is 6.25. The molecule has 5 nitrogen and oxygen atoms in total. The maximum Gasteiger partial charge on any atom is 0.387 e. The zero-order chi connectivity index (χ0) is 17.0. The Morgan fingerprint density at radius 2 is 2.26 bits per heavy atom. The third kappa shape index (κ3) is 4.78. The predicted molar refractivity (Wildman–Crippen MR) is 83.0 cm³/mol. The number of benzene rings is 1. The highest BCUT2D eigenvalue weighted by atomic mass is 79.9. The Labute approximate surface area is 141 Å². The number of alkyl halides is 2. The summed E-state index contributed by atoms with van der Waals surface area (Å²) in [6.45, 7) is -1.14. The number of carbonyl (C=O) groups is 1. The molecule has 0 spiro atoms. The van der Waals surface area contributed by atoms with Gasteiger partial charge in [-0.15, -0.1) is 0 Å². The van der Waals surface area contributed by atoms with Crippen molar-refractivity contribution >= 4 is 21.9 Å². The molecular weight excluding hydrogens is 376 g/mol. The van der Waals surface area contributed by atoms with Gasteiger partial charge in [-0.05, 0) is 53.0 Å². The minimum atomic E-state index is -2.94. The van der Waals surface area contributed by atoms with E-state index in [9.17, 15) is 13.6 Å². The molecule has 1 aliphatic rings. The Kier molecular flexibility index (Phi) is 6.17. The van der Waals surface area contributed by atoms with E-state index in [1.807, 2.05) is 4.90 Å². The van der Waals surface area contributed by atoms with Crippen LogP contribution in [0.15, 0.2) is 16.6 Å². The van der Waals surface area contributed by atoms with Gasteiger partial charge >= 0.3 is 12.6 Å². The third-order valence-corrected chi connectivity index (χ3v) is 4.35. The zero-order valence-electron chi connectivity index (χ0n) is 12.6. The molecular formula is C15H18BrF2NO4. The minimum absolute atomic E-state index is 0.0479. The number of hydrogen-bond acceptors (Lipinski definition) is 4. The summed E-state index contributed by atoms with van der Waals surface area (Å²) < 4.78 is 34.8. The van der Waals surface area contributed by atoms with E-state index in [2.05, 4.69) is 20.7 Å². The Balaban J connectivity index is 2.14. The van der Waals surface area contributed by atoms with Crippen LogP contribution in [0.3, 0.4) is 0 Å². The molecule has 1 atom stereocenters. The van der Waals surface area contributed by atoms with E-state index in [-0.39, 0.29) is 17.4 Å². The molecule has 1 unspecified atom stereocenters. The van der Waals surface area contributed by atoms with Gasteiger partial charge in [-0.1, -0.05) is 0 Å². The molecule has 0 amide bonds. The highest BCUT2D eigenvalue weighted by Crippen LogP contribution is 2.38. The van der Waals surface area contributed by atoms with Crippen LogP contribution in [0.5, 0.6) is 11.5 Å². The van der Waals surface area contributed by atoms with Crippen LogP contribution in [0.25, 0.3) is 0 Å². The van der Waals surface area contributed by atoms with E-state index >= 15 is 0 Å². The van der Waals surface area contributed by atoms with Crippen molar-refractivity contribution in [2.24, 2.45) is 5.92 Å². The first-order valence-corrected chi connectivity index (χ1v) is 7.96. The van der Waals surface area contributed by atoms with Crippen LogP contribution >= 0.6 is 15.9 Å². The van der Waals surface area contributed by atoms with Crippen molar-refractivity contribution in [1.82, 2.24) is 4.90 Å². The SMILES string of the molecule is COc1cc(CN2CCCC(C(=O)O)C2)cc(Br)c1OC(F)F. The first kappa shape index (κ1) is 17.9.